The lowest BCUT2D eigenvalue weighted by atomic mass is 10.2. The molecule has 30 heavy (non-hydrogen) atoms. The summed E-state index contributed by atoms with van der Waals surface area (Å²) in [7, 11) is -2.31. The summed E-state index contributed by atoms with van der Waals surface area (Å²) in [4.78, 5) is 12.1. The van der Waals surface area contributed by atoms with E-state index in [1.807, 2.05) is 30.3 Å². The van der Waals surface area contributed by atoms with Crippen molar-refractivity contribution in [2.24, 2.45) is 0 Å². The number of anilines is 1. The Labute approximate surface area is 175 Å². The monoisotopic (exact) mass is 426 g/mol. The summed E-state index contributed by atoms with van der Waals surface area (Å²) in [5.74, 6) is 0.727. The fraction of sp³-hybridized carbons (Fsp3) is 0.136. The number of hydrogen-bond acceptors (Lipinski definition) is 5. The fourth-order valence-electron chi connectivity index (χ4n) is 2.58. The van der Waals surface area contributed by atoms with E-state index in [9.17, 15) is 13.2 Å². The summed E-state index contributed by atoms with van der Waals surface area (Å²) in [5.41, 5.74) is 1.59. The van der Waals surface area contributed by atoms with Gasteiger partial charge in [0, 0.05) is 5.69 Å². The number of carbonyl (C=O) groups is 1. The summed E-state index contributed by atoms with van der Waals surface area (Å²) < 4.78 is 37.5. The van der Waals surface area contributed by atoms with Gasteiger partial charge in [-0.25, -0.2) is 13.1 Å². The van der Waals surface area contributed by atoms with E-state index in [0.29, 0.717) is 23.8 Å². The Balaban J connectivity index is 1.49. The first kappa shape index (κ1) is 21.4. The van der Waals surface area contributed by atoms with E-state index in [-0.39, 0.29) is 11.4 Å². The van der Waals surface area contributed by atoms with E-state index in [1.165, 1.54) is 31.4 Å². The van der Waals surface area contributed by atoms with Crippen LogP contribution in [0.3, 0.4) is 0 Å². The SMILES string of the molecule is COc1ccc(S(=O)(=O)NCC(=O)Nc2ccc(OCc3ccccc3)cc2)cc1. The molecule has 0 fully saturated rings. The molecular formula is C22H22N2O5S. The number of benzene rings is 3. The first-order valence-corrected chi connectivity index (χ1v) is 10.6. The Morgan fingerprint density at radius 2 is 1.50 bits per heavy atom. The number of rotatable bonds is 9. The summed E-state index contributed by atoms with van der Waals surface area (Å²) in [6, 6.07) is 22.5. The van der Waals surface area contributed by atoms with Gasteiger partial charge in [-0.05, 0) is 54.1 Å². The van der Waals surface area contributed by atoms with Crippen molar-refractivity contribution in [1.29, 1.82) is 0 Å². The van der Waals surface area contributed by atoms with Gasteiger partial charge in [-0.15, -0.1) is 0 Å². The second kappa shape index (κ2) is 9.91. The minimum absolute atomic E-state index is 0.0519. The van der Waals surface area contributed by atoms with Crippen molar-refractivity contribution in [3.8, 4) is 11.5 Å². The van der Waals surface area contributed by atoms with E-state index in [4.69, 9.17) is 9.47 Å². The highest BCUT2D eigenvalue weighted by Crippen LogP contribution is 2.17. The zero-order valence-corrected chi connectivity index (χ0v) is 17.2. The van der Waals surface area contributed by atoms with Gasteiger partial charge in [0.05, 0.1) is 18.6 Å². The van der Waals surface area contributed by atoms with Crippen LogP contribution >= 0.6 is 0 Å². The maximum atomic E-state index is 12.3. The third-order valence-electron chi connectivity index (χ3n) is 4.18. The smallest absolute Gasteiger partial charge is 0.241 e. The van der Waals surface area contributed by atoms with Gasteiger partial charge in [0.2, 0.25) is 15.9 Å². The van der Waals surface area contributed by atoms with Crippen LogP contribution < -0.4 is 19.5 Å². The molecular weight excluding hydrogens is 404 g/mol. The van der Waals surface area contributed by atoms with Crippen LogP contribution in [0.1, 0.15) is 5.56 Å². The third-order valence-corrected chi connectivity index (χ3v) is 5.60. The Hall–Kier alpha value is -3.36. The van der Waals surface area contributed by atoms with E-state index >= 15 is 0 Å². The molecule has 1 amide bonds. The molecule has 0 saturated carbocycles. The lowest BCUT2D eigenvalue weighted by Crippen LogP contribution is -2.32. The van der Waals surface area contributed by atoms with Crippen molar-refractivity contribution in [3.63, 3.8) is 0 Å². The van der Waals surface area contributed by atoms with Gasteiger partial charge in [-0.1, -0.05) is 30.3 Å². The van der Waals surface area contributed by atoms with Gasteiger partial charge < -0.3 is 14.8 Å². The highest BCUT2D eigenvalue weighted by molar-refractivity contribution is 7.89. The minimum atomic E-state index is -3.80. The van der Waals surface area contributed by atoms with E-state index in [0.717, 1.165) is 5.56 Å². The van der Waals surface area contributed by atoms with E-state index in [1.54, 1.807) is 24.3 Å². The molecule has 7 nitrogen and oxygen atoms in total. The van der Waals surface area contributed by atoms with Crippen molar-refractivity contribution >= 4 is 21.6 Å². The molecule has 156 valence electrons. The molecule has 0 atom stereocenters. The van der Waals surface area contributed by atoms with Crippen LogP contribution in [0.4, 0.5) is 5.69 Å². The van der Waals surface area contributed by atoms with Gasteiger partial charge in [0.15, 0.2) is 0 Å². The van der Waals surface area contributed by atoms with Crippen molar-refractivity contribution in [3.05, 3.63) is 84.4 Å². The van der Waals surface area contributed by atoms with Crippen molar-refractivity contribution in [2.75, 3.05) is 19.0 Å². The third kappa shape index (κ3) is 6.07. The average Bonchev–Trinajstić information content (AvgIpc) is 2.78. The molecule has 0 aliphatic heterocycles. The molecule has 8 heteroatoms. The molecule has 0 unspecified atom stereocenters. The molecule has 3 aromatic rings. The maximum absolute atomic E-state index is 12.3. The van der Waals surface area contributed by atoms with Crippen LogP contribution in [0.25, 0.3) is 0 Å². The molecule has 0 bridgehead atoms. The average molecular weight is 426 g/mol. The molecule has 0 spiro atoms. The molecule has 0 aliphatic rings. The Bertz CT molecular complexity index is 1070. The Kier molecular flexibility index (Phi) is 7.05. The maximum Gasteiger partial charge on any atom is 0.241 e. The number of methoxy groups -OCH3 is 1. The fourth-order valence-corrected chi connectivity index (χ4v) is 3.56. The molecule has 0 aliphatic carbocycles. The highest BCUT2D eigenvalue weighted by Gasteiger charge is 2.15. The summed E-state index contributed by atoms with van der Waals surface area (Å²) in [5, 5.41) is 2.64. The second-order valence-electron chi connectivity index (χ2n) is 6.35. The van der Waals surface area contributed by atoms with Crippen molar-refractivity contribution in [1.82, 2.24) is 4.72 Å². The van der Waals surface area contributed by atoms with Gasteiger partial charge in [0.1, 0.15) is 18.1 Å². The van der Waals surface area contributed by atoms with Crippen LogP contribution in [-0.2, 0) is 21.4 Å². The topological polar surface area (TPSA) is 93.7 Å². The molecule has 0 aromatic heterocycles. The second-order valence-corrected chi connectivity index (χ2v) is 8.11. The normalized spacial score (nSPS) is 11.0. The van der Waals surface area contributed by atoms with Gasteiger partial charge in [-0.2, -0.15) is 0 Å². The van der Waals surface area contributed by atoms with E-state index in [2.05, 4.69) is 10.0 Å². The number of ether oxygens (including phenoxy) is 2. The first-order chi connectivity index (χ1) is 14.5. The zero-order chi connectivity index (χ0) is 21.4. The van der Waals surface area contributed by atoms with Crippen LogP contribution in [0.2, 0.25) is 0 Å². The van der Waals surface area contributed by atoms with Crippen LogP contribution in [0.15, 0.2) is 83.8 Å². The van der Waals surface area contributed by atoms with Gasteiger partial charge in [-0.3, -0.25) is 4.79 Å². The van der Waals surface area contributed by atoms with Crippen molar-refractivity contribution < 1.29 is 22.7 Å². The first-order valence-electron chi connectivity index (χ1n) is 9.16. The standard InChI is InChI=1S/C22H22N2O5S/c1-28-19-11-13-21(14-12-19)30(26,27)23-15-22(25)24-18-7-9-20(10-8-18)29-16-17-5-3-2-4-6-17/h2-14,23H,15-16H2,1H3,(H,24,25). The number of nitrogens with one attached hydrogen (secondary N) is 2. The molecule has 3 rings (SSSR count). The lowest BCUT2D eigenvalue weighted by molar-refractivity contribution is -0.115. The molecule has 0 radical (unpaired) electrons. The van der Waals surface area contributed by atoms with Gasteiger partial charge >= 0.3 is 0 Å². The largest absolute Gasteiger partial charge is 0.497 e. The molecule has 0 heterocycles. The molecule has 0 saturated heterocycles. The minimum Gasteiger partial charge on any atom is -0.497 e. The van der Waals surface area contributed by atoms with Crippen LogP contribution in [0, 0.1) is 0 Å². The lowest BCUT2D eigenvalue weighted by Gasteiger charge is -2.10. The van der Waals surface area contributed by atoms with Crippen LogP contribution in [-0.4, -0.2) is 28.0 Å². The number of sulfonamides is 1. The highest BCUT2D eigenvalue weighted by atomic mass is 32.2. The molecule has 3 aromatic carbocycles. The number of hydrogen-bond donors (Lipinski definition) is 2. The summed E-state index contributed by atoms with van der Waals surface area (Å²) in [6.45, 7) is 0.0559. The Morgan fingerprint density at radius 1 is 0.867 bits per heavy atom. The molecule has 2 N–H and O–H groups in total. The number of amides is 1. The summed E-state index contributed by atoms with van der Waals surface area (Å²) >= 11 is 0. The zero-order valence-electron chi connectivity index (χ0n) is 16.4. The van der Waals surface area contributed by atoms with E-state index < -0.39 is 15.9 Å². The van der Waals surface area contributed by atoms with Gasteiger partial charge in [0.25, 0.3) is 0 Å². The van der Waals surface area contributed by atoms with Crippen molar-refractivity contribution in [2.45, 2.75) is 11.5 Å². The summed E-state index contributed by atoms with van der Waals surface area (Å²) in [6.07, 6.45) is 0. The Morgan fingerprint density at radius 3 is 2.13 bits per heavy atom. The van der Waals surface area contributed by atoms with Crippen LogP contribution in [0.5, 0.6) is 11.5 Å². The quantitative estimate of drug-likeness (QED) is 0.548. The predicted molar refractivity (Wildman–Crippen MR) is 114 cm³/mol. The number of carbonyl (C=O) groups excluding carboxylic acids is 1. The predicted octanol–water partition coefficient (Wildman–Crippen LogP) is 3.19.